The van der Waals surface area contributed by atoms with E-state index in [4.69, 9.17) is 24.1 Å². The van der Waals surface area contributed by atoms with E-state index in [2.05, 4.69) is 18.9 Å². The largest absolute Gasteiger partial charge is 0.495 e. The molecule has 0 aliphatic heterocycles. The summed E-state index contributed by atoms with van der Waals surface area (Å²) in [5.41, 5.74) is 0. The Kier molecular flexibility index (Phi) is 22.7. The van der Waals surface area contributed by atoms with E-state index < -0.39 is 69.9 Å². The Labute approximate surface area is 269 Å². The van der Waals surface area contributed by atoms with Gasteiger partial charge in [-0.25, -0.2) is 9.47 Å². The molecule has 13 nitrogen and oxygen atoms in total. The second kappa shape index (κ2) is 24.2. The molecule has 19 heteroatoms. The molecule has 0 aromatic heterocycles. The molecule has 5 atom stereocenters. The molecule has 1 saturated carbocycles. The lowest BCUT2D eigenvalue weighted by Gasteiger charge is -2.26. The van der Waals surface area contributed by atoms with E-state index in [1.807, 2.05) is 0 Å². The molecule has 1 aliphatic carbocycles. The van der Waals surface area contributed by atoms with Crippen molar-refractivity contribution >= 4 is 0 Å². The number of alkyl halides is 6. The Morgan fingerprint density at radius 3 is 1.68 bits per heavy atom. The molecule has 0 bridgehead atoms. The maximum absolute atomic E-state index is 13.8. The molecular formula is C28H50F6O13. The zero-order valence-corrected chi connectivity index (χ0v) is 26.3. The van der Waals surface area contributed by atoms with Crippen molar-refractivity contribution < 1.29 is 89.8 Å². The Morgan fingerprint density at radius 1 is 0.574 bits per heavy atom. The molecule has 1 rings (SSSR count). The molecule has 1 aliphatic rings. The van der Waals surface area contributed by atoms with Crippen molar-refractivity contribution in [1.82, 2.24) is 0 Å². The number of rotatable bonds is 27. The molecule has 0 spiro atoms. The van der Waals surface area contributed by atoms with Crippen molar-refractivity contribution in [2.75, 3.05) is 79.3 Å². The van der Waals surface area contributed by atoms with E-state index in [-0.39, 0.29) is 58.5 Å². The molecule has 5 N–H and O–H groups in total. The second-order valence-electron chi connectivity index (χ2n) is 11.1. The highest BCUT2D eigenvalue weighted by molar-refractivity contribution is 4.67. The Morgan fingerprint density at radius 2 is 1.04 bits per heavy atom. The van der Waals surface area contributed by atoms with Gasteiger partial charge in [-0.1, -0.05) is 12.8 Å². The summed E-state index contributed by atoms with van der Waals surface area (Å²) in [6.07, 6.45) is -13.1. The maximum atomic E-state index is 13.8. The van der Waals surface area contributed by atoms with Crippen molar-refractivity contribution in [3.05, 3.63) is 0 Å². The molecule has 47 heavy (non-hydrogen) atoms. The fraction of sp³-hybridized carbons (Fsp3) is 1.00. The van der Waals surface area contributed by atoms with Crippen LogP contribution in [-0.2, 0) is 37.9 Å². The van der Waals surface area contributed by atoms with Crippen LogP contribution in [0.15, 0.2) is 0 Å². The molecule has 0 radical (unpaired) electrons. The number of aliphatic hydroxyl groups is 5. The van der Waals surface area contributed by atoms with Gasteiger partial charge >= 0.3 is 18.5 Å². The van der Waals surface area contributed by atoms with E-state index in [9.17, 15) is 46.8 Å². The molecule has 282 valence electrons. The first-order chi connectivity index (χ1) is 22.1. The Balaban J connectivity index is 2.20. The van der Waals surface area contributed by atoms with Gasteiger partial charge < -0.3 is 54.0 Å². The van der Waals surface area contributed by atoms with Crippen LogP contribution < -0.4 is 0 Å². The number of aliphatic hydroxyl groups excluding tert-OH is 5. The first-order valence-electron chi connectivity index (χ1n) is 15.5. The highest BCUT2D eigenvalue weighted by Crippen LogP contribution is 2.33. The van der Waals surface area contributed by atoms with Crippen LogP contribution in [0.5, 0.6) is 0 Å². The lowest BCUT2D eigenvalue weighted by atomic mass is 10.1. The van der Waals surface area contributed by atoms with Crippen molar-refractivity contribution in [2.24, 2.45) is 0 Å². The Bertz CT molecular complexity index is 774. The van der Waals surface area contributed by atoms with Crippen molar-refractivity contribution in [1.29, 1.82) is 0 Å². The highest BCUT2D eigenvalue weighted by Gasteiger charge is 2.52. The summed E-state index contributed by atoms with van der Waals surface area (Å²) in [7, 11) is 0. The minimum atomic E-state index is -5.47. The number of hydrogen-bond donors (Lipinski definition) is 5. The van der Waals surface area contributed by atoms with Gasteiger partial charge in [0, 0.05) is 13.2 Å². The molecule has 0 saturated heterocycles. The molecule has 0 heterocycles. The number of ether oxygens (including phenoxy) is 8. The van der Waals surface area contributed by atoms with Gasteiger partial charge in [-0.15, -0.1) is 8.78 Å². The normalized spacial score (nSPS) is 20.7. The third-order valence-corrected chi connectivity index (χ3v) is 6.35. The zero-order chi connectivity index (χ0) is 35.2. The van der Waals surface area contributed by atoms with Crippen LogP contribution in [0.3, 0.4) is 0 Å². The number of hydrogen-bond acceptors (Lipinski definition) is 13. The summed E-state index contributed by atoms with van der Waals surface area (Å²) in [6.45, 7) is -6.34. The smallest absolute Gasteiger partial charge is 0.396 e. The van der Waals surface area contributed by atoms with Crippen LogP contribution in [-0.4, -0.2) is 154 Å². The maximum Gasteiger partial charge on any atom is 0.495 e. The third kappa shape index (κ3) is 24.8. The van der Waals surface area contributed by atoms with E-state index in [0.717, 1.165) is 38.5 Å². The van der Waals surface area contributed by atoms with Gasteiger partial charge in [0.15, 0.2) is 0 Å². The fourth-order valence-electron chi connectivity index (χ4n) is 4.18. The Hall–Kier alpha value is -0.940. The first kappa shape index (κ1) is 44.1. The summed E-state index contributed by atoms with van der Waals surface area (Å²) in [5.74, 6) is 0. The van der Waals surface area contributed by atoms with Gasteiger partial charge in [0.05, 0.1) is 65.1 Å². The van der Waals surface area contributed by atoms with Gasteiger partial charge in [0.25, 0.3) is 0 Å². The van der Waals surface area contributed by atoms with Gasteiger partial charge in [-0.2, -0.15) is 17.6 Å². The molecule has 1 fully saturated rings. The topological polar surface area (TPSA) is 175 Å². The average Bonchev–Trinajstić information content (AvgIpc) is 3.06. The summed E-state index contributed by atoms with van der Waals surface area (Å²) in [5, 5.41) is 47.7. The van der Waals surface area contributed by atoms with Crippen molar-refractivity contribution in [3.8, 4) is 0 Å². The van der Waals surface area contributed by atoms with Crippen molar-refractivity contribution in [2.45, 2.75) is 100 Å². The van der Waals surface area contributed by atoms with Gasteiger partial charge in [0.2, 0.25) is 0 Å². The molecule has 0 aromatic rings. The lowest BCUT2D eigenvalue weighted by Crippen LogP contribution is -2.44. The van der Waals surface area contributed by atoms with Crippen LogP contribution in [0.2, 0.25) is 0 Å². The summed E-state index contributed by atoms with van der Waals surface area (Å²) < 4.78 is 118. The van der Waals surface area contributed by atoms with Crippen LogP contribution in [0.1, 0.15) is 51.4 Å². The second-order valence-corrected chi connectivity index (χ2v) is 11.1. The van der Waals surface area contributed by atoms with Crippen LogP contribution in [0, 0.1) is 0 Å². The van der Waals surface area contributed by atoms with Gasteiger partial charge in [0.1, 0.15) is 31.5 Å². The van der Waals surface area contributed by atoms with Gasteiger partial charge in [-0.3, -0.25) is 0 Å². The van der Waals surface area contributed by atoms with E-state index in [1.54, 1.807) is 0 Å². The molecule has 0 amide bonds. The summed E-state index contributed by atoms with van der Waals surface area (Å²) in [6, 6.07) is 0. The monoisotopic (exact) mass is 708 g/mol. The van der Waals surface area contributed by atoms with E-state index >= 15 is 0 Å². The SMILES string of the molecule is OCCCOCC(O)COCC(O)COCC(F)(F)OC(F)(F)OC(F)(F)COCCOCC(O)COC1CCCCC(O)CCC1. The zero-order valence-electron chi connectivity index (χ0n) is 26.3. The average molecular weight is 709 g/mol. The molecule has 0 aromatic carbocycles. The predicted octanol–water partition coefficient (Wildman–Crippen LogP) is 1.79. The molecule has 5 unspecified atom stereocenters. The van der Waals surface area contributed by atoms with Crippen LogP contribution in [0.4, 0.5) is 26.3 Å². The predicted molar refractivity (Wildman–Crippen MR) is 149 cm³/mol. The van der Waals surface area contributed by atoms with E-state index in [0.29, 0.717) is 12.8 Å². The van der Waals surface area contributed by atoms with Crippen LogP contribution >= 0.6 is 0 Å². The first-order valence-corrected chi connectivity index (χ1v) is 15.5. The quantitative estimate of drug-likeness (QED) is 0.0475. The highest BCUT2D eigenvalue weighted by atomic mass is 19.3. The minimum absolute atomic E-state index is 0.0330. The standard InChI is InChI=1S/C28H50F6O13/c29-26(30,19-42-12-11-41-14-24(39)18-45-25-7-2-1-5-21(36)6-3-8-25)46-28(33,34)47-27(31,32)20-44-17-23(38)16-43-15-22(37)13-40-10-4-9-35/h21-25,35-39H,1-20H2. The van der Waals surface area contributed by atoms with Gasteiger partial charge in [-0.05, 0) is 38.5 Å². The van der Waals surface area contributed by atoms with Crippen LogP contribution in [0.25, 0.3) is 0 Å². The van der Waals surface area contributed by atoms with E-state index in [1.165, 1.54) is 0 Å². The minimum Gasteiger partial charge on any atom is -0.396 e. The fourth-order valence-corrected chi connectivity index (χ4v) is 4.18. The van der Waals surface area contributed by atoms with Crippen molar-refractivity contribution in [3.63, 3.8) is 0 Å². The third-order valence-electron chi connectivity index (χ3n) is 6.35. The summed E-state index contributed by atoms with van der Waals surface area (Å²) >= 11 is 0. The number of halogens is 6. The molecular weight excluding hydrogens is 658 g/mol. The summed E-state index contributed by atoms with van der Waals surface area (Å²) in [4.78, 5) is 0. The lowest BCUT2D eigenvalue weighted by molar-refractivity contribution is -0.518.